The van der Waals surface area contributed by atoms with Crippen molar-refractivity contribution in [2.75, 3.05) is 33.2 Å². The van der Waals surface area contributed by atoms with Gasteiger partial charge in [-0.25, -0.2) is 27.5 Å². The first kappa shape index (κ1) is 24.3. The van der Waals surface area contributed by atoms with E-state index in [2.05, 4.69) is 15.3 Å². The highest BCUT2D eigenvalue weighted by Gasteiger charge is 2.30. The molecule has 2 N–H and O–H groups in total. The third-order valence-corrected chi connectivity index (χ3v) is 5.81. The number of nitrogens with zero attached hydrogens (tertiary/aromatic N) is 2. The van der Waals surface area contributed by atoms with E-state index in [1.54, 1.807) is 6.07 Å². The Morgan fingerprint density at radius 3 is 2.27 bits per heavy atom. The summed E-state index contributed by atoms with van der Waals surface area (Å²) in [6.07, 6.45) is -3.55. The molecular weight excluding hydrogens is 472 g/mol. The van der Waals surface area contributed by atoms with Crippen molar-refractivity contribution >= 4 is 32.4 Å². The summed E-state index contributed by atoms with van der Waals surface area (Å²) in [7, 11) is -0.387. The molecule has 14 heteroatoms. The number of fused-ring (bicyclic) bond motifs is 1. The van der Waals surface area contributed by atoms with Crippen LogP contribution in [0.5, 0.6) is 17.2 Å². The van der Waals surface area contributed by atoms with Crippen LogP contribution in [0.1, 0.15) is 0 Å². The van der Waals surface area contributed by atoms with Crippen molar-refractivity contribution in [3.8, 4) is 17.2 Å². The van der Waals surface area contributed by atoms with Crippen LogP contribution in [0, 0.1) is 5.82 Å². The summed E-state index contributed by atoms with van der Waals surface area (Å²) in [4.78, 5) is 7.37. The molecule has 0 atom stereocenters. The Morgan fingerprint density at radius 2 is 1.67 bits per heavy atom. The van der Waals surface area contributed by atoms with Gasteiger partial charge in [-0.15, -0.1) is 0 Å². The molecule has 0 aliphatic carbocycles. The lowest BCUT2D eigenvalue weighted by molar-refractivity contribution is -0.153. The number of halogens is 4. The molecule has 0 saturated heterocycles. The average molecular weight is 490 g/mol. The SMILES string of the molecule is CNS(=O)(=O)c1cc(Nc2ncnc3cc(OC)c(OC)cc23)c(OCC(F)(F)F)cc1F. The Labute approximate surface area is 185 Å². The van der Waals surface area contributed by atoms with Crippen LogP contribution in [0.4, 0.5) is 29.1 Å². The quantitative estimate of drug-likeness (QED) is 0.463. The molecule has 0 unspecified atom stereocenters. The number of hydrogen-bond acceptors (Lipinski definition) is 8. The molecular formula is C19H18F4N4O5S. The molecule has 0 amide bonds. The predicted molar refractivity (Wildman–Crippen MR) is 110 cm³/mol. The monoisotopic (exact) mass is 490 g/mol. The van der Waals surface area contributed by atoms with Gasteiger partial charge in [-0.2, -0.15) is 13.2 Å². The van der Waals surface area contributed by atoms with Crippen LogP contribution in [-0.2, 0) is 10.0 Å². The summed E-state index contributed by atoms with van der Waals surface area (Å²) in [6.45, 7) is -1.73. The Balaban J connectivity index is 2.16. The zero-order valence-corrected chi connectivity index (χ0v) is 18.3. The lowest BCUT2D eigenvalue weighted by Crippen LogP contribution is -2.22. The zero-order valence-electron chi connectivity index (χ0n) is 17.4. The van der Waals surface area contributed by atoms with E-state index in [0.29, 0.717) is 28.5 Å². The Kier molecular flexibility index (Phi) is 6.78. The first-order valence-electron chi connectivity index (χ1n) is 9.09. The molecule has 0 saturated carbocycles. The van der Waals surface area contributed by atoms with Crippen molar-refractivity contribution in [1.82, 2.24) is 14.7 Å². The van der Waals surface area contributed by atoms with Gasteiger partial charge >= 0.3 is 6.18 Å². The normalized spacial score (nSPS) is 12.0. The van der Waals surface area contributed by atoms with Gasteiger partial charge in [0.05, 0.1) is 25.4 Å². The minimum Gasteiger partial charge on any atom is -0.493 e. The topological polar surface area (TPSA) is 112 Å². The molecule has 9 nitrogen and oxygen atoms in total. The zero-order chi connectivity index (χ0) is 24.4. The van der Waals surface area contributed by atoms with Gasteiger partial charge in [-0.05, 0) is 19.2 Å². The summed E-state index contributed by atoms with van der Waals surface area (Å²) in [5.41, 5.74) is 0.109. The fourth-order valence-corrected chi connectivity index (χ4v) is 3.65. The van der Waals surface area contributed by atoms with Crippen LogP contribution in [0.2, 0.25) is 0 Å². The van der Waals surface area contributed by atoms with Gasteiger partial charge in [-0.1, -0.05) is 0 Å². The van der Waals surface area contributed by atoms with Crippen molar-refractivity contribution in [2.24, 2.45) is 0 Å². The number of anilines is 2. The maximum Gasteiger partial charge on any atom is 0.422 e. The molecule has 0 aliphatic rings. The fraction of sp³-hybridized carbons (Fsp3) is 0.263. The van der Waals surface area contributed by atoms with E-state index in [9.17, 15) is 26.0 Å². The Hall–Kier alpha value is -3.39. The molecule has 3 aromatic rings. The molecule has 1 aromatic heterocycles. The maximum atomic E-state index is 14.4. The van der Waals surface area contributed by atoms with Gasteiger partial charge in [0.15, 0.2) is 18.1 Å². The third-order valence-electron chi connectivity index (χ3n) is 4.38. The van der Waals surface area contributed by atoms with Gasteiger partial charge in [0.2, 0.25) is 10.0 Å². The van der Waals surface area contributed by atoms with E-state index in [1.165, 1.54) is 26.6 Å². The van der Waals surface area contributed by atoms with Gasteiger partial charge < -0.3 is 19.5 Å². The van der Waals surface area contributed by atoms with Crippen LogP contribution in [-0.4, -0.2) is 52.4 Å². The third kappa shape index (κ3) is 5.34. The minimum absolute atomic E-state index is 0.0669. The van der Waals surface area contributed by atoms with Crippen molar-refractivity contribution in [2.45, 2.75) is 11.1 Å². The average Bonchev–Trinajstić information content (AvgIpc) is 2.77. The summed E-state index contributed by atoms with van der Waals surface area (Å²) >= 11 is 0. The highest BCUT2D eigenvalue weighted by Crippen LogP contribution is 2.37. The Bertz CT molecular complexity index is 1290. The number of hydrogen-bond donors (Lipinski definition) is 2. The van der Waals surface area contributed by atoms with Crippen LogP contribution >= 0.6 is 0 Å². The standard InChI is InChI=1S/C19H18F4N4O5S/c1-24-33(28,29)17-7-13(14(5-11(17)20)32-8-19(21,22)23)27-18-10-4-15(30-2)16(31-3)6-12(10)25-9-26-18/h4-7,9,24H,8H2,1-3H3,(H,25,26,27). The largest absolute Gasteiger partial charge is 0.493 e. The number of nitrogens with one attached hydrogen (secondary N) is 2. The number of methoxy groups -OCH3 is 2. The summed E-state index contributed by atoms with van der Waals surface area (Å²) in [5, 5.41) is 3.07. The maximum absolute atomic E-state index is 14.4. The van der Waals surface area contributed by atoms with Crippen LogP contribution < -0.4 is 24.2 Å². The Morgan fingerprint density at radius 1 is 1.00 bits per heavy atom. The number of alkyl halides is 3. The van der Waals surface area contributed by atoms with Crippen molar-refractivity contribution in [3.63, 3.8) is 0 Å². The fourth-order valence-electron chi connectivity index (χ4n) is 2.84. The first-order chi connectivity index (χ1) is 15.5. The second-order valence-corrected chi connectivity index (χ2v) is 8.32. The van der Waals surface area contributed by atoms with E-state index in [-0.39, 0.29) is 11.5 Å². The number of sulfonamides is 1. The first-order valence-corrected chi connectivity index (χ1v) is 10.6. The van der Waals surface area contributed by atoms with E-state index >= 15 is 0 Å². The van der Waals surface area contributed by atoms with Gasteiger partial charge in [0.25, 0.3) is 0 Å². The molecule has 0 spiro atoms. The molecule has 3 rings (SSSR count). The molecule has 0 radical (unpaired) electrons. The number of ether oxygens (including phenoxy) is 3. The van der Waals surface area contributed by atoms with E-state index in [0.717, 1.165) is 13.1 Å². The van der Waals surface area contributed by atoms with Crippen LogP contribution in [0.3, 0.4) is 0 Å². The van der Waals surface area contributed by atoms with Crippen molar-refractivity contribution in [3.05, 3.63) is 36.4 Å². The second-order valence-electron chi connectivity index (χ2n) is 6.46. The molecule has 2 aromatic carbocycles. The van der Waals surface area contributed by atoms with Crippen LogP contribution in [0.25, 0.3) is 10.9 Å². The molecule has 33 heavy (non-hydrogen) atoms. The smallest absolute Gasteiger partial charge is 0.422 e. The number of benzene rings is 2. The van der Waals surface area contributed by atoms with Gasteiger partial charge in [0.1, 0.15) is 28.6 Å². The van der Waals surface area contributed by atoms with Gasteiger partial charge in [0, 0.05) is 17.5 Å². The summed E-state index contributed by atoms with van der Waals surface area (Å²) in [6, 6.07) is 4.41. The molecule has 178 valence electrons. The summed E-state index contributed by atoms with van der Waals surface area (Å²) in [5.74, 6) is -1.13. The minimum atomic E-state index is -4.71. The second kappa shape index (κ2) is 9.23. The highest BCUT2D eigenvalue weighted by atomic mass is 32.2. The number of rotatable bonds is 8. The number of aromatic nitrogens is 2. The van der Waals surface area contributed by atoms with Crippen molar-refractivity contribution in [1.29, 1.82) is 0 Å². The highest BCUT2D eigenvalue weighted by molar-refractivity contribution is 7.89. The van der Waals surface area contributed by atoms with E-state index < -0.39 is 39.3 Å². The predicted octanol–water partition coefficient (Wildman–Crippen LogP) is 3.38. The van der Waals surface area contributed by atoms with Crippen LogP contribution in [0.15, 0.2) is 35.5 Å². The van der Waals surface area contributed by atoms with Gasteiger partial charge in [-0.3, -0.25) is 0 Å². The summed E-state index contributed by atoms with van der Waals surface area (Å²) < 4.78 is 94.0. The molecule has 0 aliphatic heterocycles. The van der Waals surface area contributed by atoms with E-state index in [1.807, 2.05) is 4.72 Å². The molecule has 1 heterocycles. The molecule has 0 bridgehead atoms. The van der Waals surface area contributed by atoms with Crippen molar-refractivity contribution < 1.29 is 40.2 Å². The lowest BCUT2D eigenvalue weighted by atomic mass is 10.2. The lowest BCUT2D eigenvalue weighted by Gasteiger charge is -2.17. The molecule has 0 fully saturated rings. The van der Waals surface area contributed by atoms with E-state index in [4.69, 9.17) is 14.2 Å².